The Hall–Kier alpha value is -2.48. The van der Waals surface area contributed by atoms with Crippen LogP contribution in [-0.2, 0) is 11.3 Å². The molecule has 0 N–H and O–H groups in total. The molecule has 0 amide bonds. The molecule has 2 aromatic heterocycles. The van der Waals surface area contributed by atoms with Gasteiger partial charge in [-0.05, 0) is 62.6 Å². The van der Waals surface area contributed by atoms with Crippen LogP contribution in [0.4, 0.5) is 4.39 Å². The summed E-state index contributed by atoms with van der Waals surface area (Å²) in [4.78, 5) is 5.07. The summed E-state index contributed by atoms with van der Waals surface area (Å²) >= 11 is 0. The molecule has 170 valence electrons. The normalized spacial score (nSPS) is 20.6. The van der Waals surface area contributed by atoms with Gasteiger partial charge in [-0.25, -0.2) is 9.07 Å². The van der Waals surface area contributed by atoms with Gasteiger partial charge in [0.05, 0.1) is 18.9 Å². The van der Waals surface area contributed by atoms with E-state index in [4.69, 9.17) is 14.3 Å². The maximum Gasteiger partial charge on any atom is 0.154 e. The number of benzene rings is 1. The first-order chi connectivity index (χ1) is 15.6. The van der Waals surface area contributed by atoms with Gasteiger partial charge in [-0.2, -0.15) is 5.10 Å². The van der Waals surface area contributed by atoms with Crippen LogP contribution in [0.3, 0.4) is 0 Å². The van der Waals surface area contributed by atoms with E-state index in [0.717, 1.165) is 75.3 Å². The molecule has 4 heterocycles. The number of halogens is 1. The zero-order chi connectivity index (χ0) is 21.9. The van der Waals surface area contributed by atoms with Gasteiger partial charge in [-0.1, -0.05) is 6.07 Å². The first-order valence-corrected chi connectivity index (χ1v) is 11.6. The van der Waals surface area contributed by atoms with Crippen LogP contribution in [0.1, 0.15) is 24.2 Å². The predicted octanol–water partition coefficient (Wildman–Crippen LogP) is 4.12. The van der Waals surface area contributed by atoms with Crippen LogP contribution in [0, 0.1) is 18.7 Å². The third-order valence-electron chi connectivity index (χ3n) is 6.45. The molecule has 0 radical (unpaired) electrons. The van der Waals surface area contributed by atoms with Crippen LogP contribution in [0.5, 0.6) is 0 Å². The minimum absolute atomic E-state index is 0.267. The number of ether oxygens (including phenoxy) is 1. The lowest BCUT2D eigenvalue weighted by atomic mass is 9.96. The van der Waals surface area contributed by atoms with E-state index in [0.29, 0.717) is 11.6 Å². The van der Waals surface area contributed by atoms with Crippen molar-refractivity contribution in [1.29, 1.82) is 0 Å². The van der Waals surface area contributed by atoms with Crippen molar-refractivity contribution in [2.75, 3.05) is 45.9 Å². The van der Waals surface area contributed by atoms with Crippen molar-refractivity contribution in [2.45, 2.75) is 26.3 Å². The van der Waals surface area contributed by atoms with Crippen LogP contribution in [-0.4, -0.2) is 65.5 Å². The number of piperidine rings is 1. The SMILES string of the molecule is Cc1ccc(-c2nn(-c3cccc(F)c3)cc2CN2CCCC(CN3CCOCC3)C2)o1. The van der Waals surface area contributed by atoms with Crippen LogP contribution >= 0.6 is 0 Å². The predicted molar refractivity (Wildman–Crippen MR) is 121 cm³/mol. The molecule has 0 aliphatic carbocycles. The summed E-state index contributed by atoms with van der Waals surface area (Å²) in [6.45, 7) is 9.84. The second kappa shape index (κ2) is 9.57. The Balaban J connectivity index is 1.35. The van der Waals surface area contributed by atoms with Gasteiger partial charge in [0, 0.05) is 44.5 Å². The molecule has 1 atom stereocenters. The number of nitrogens with zero attached hydrogens (tertiary/aromatic N) is 4. The largest absolute Gasteiger partial charge is 0.460 e. The van der Waals surface area contributed by atoms with Crippen molar-refractivity contribution < 1.29 is 13.5 Å². The second-order valence-electron chi connectivity index (χ2n) is 8.99. The fourth-order valence-electron chi connectivity index (χ4n) is 4.88. The van der Waals surface area contributed by atoms with E-state index in [9.17, 15) is 4.39 Å². The monoisotopic (exact) mass is 438 g/mol. The van der Waals surface area contributed by atoms with Crippen molar-refractivity contribution >= 4 is 0 Å². The number of hydrogen-bond donors (Lipinski definition) is 0. The molecule has 0 spiro atoms. The molecule has 3 aromatic rings. The van der Waals surface area contributed by atoms with Gasteiger partial charge < -0.3 is 9.15 Å². The lowest BCUT2D eigenvalue weighted by molar-refractivity contribution is 0.0224. The zero-order valence-corrected chi connectivity index (χ0v) is 18.7. The van der Waals surface area contributed by atoms with Gasteiger partial charge in [0.25, 0.3) is 0 Å². The van der Waals surface area contributed by atoms with Crippen molar-refractivity contribution in [3.63, 3.8) is 0 Å². The fourth-order valence-corrected chi connectivity index (χ4v) is 4.88. The Bertz CT molecular complexity index is 1040. The van der Waals surface area contributed by atoms with Gasteiger partial charge in [0.15, 0.2) is 5.76 Å². The smallest absolute Gasteiger partial charge is 0.154 e. The Labute approximate surface area is 188 Å². The minimum atomic E-state index is -0.267. The summed E-state index contributed by atoms with van der Waals surface area (Å²) in [7, 11) is 0. The zero-order valence-electron chi connectivity index (χ0n) is 18.7. The van der Waals surface area contributed by atoms with E-state index in [1.807, 2.05) is 31.3 Å². The maximum atomic E-state index is 13.8. The van der Waals surface area contributed by atoms with E-state index < -0.39 is 0 Å². The summed E-state index contributed by atoms with van der Waals surface area (Å²) in [6.07, 6.45) is 4.51. The van der Waals surface area contributed by atoms with Gasteiger partial charge in [-0.15, -0.1) is 0 Å². The maximum absolute atomic E-state index is 13.8. The molecule has 0 saturated carbocycles. The standard InChI is InChI=1S/C25H31FN4O2/c1-19-7-8-24(32-19)25-21(18-30(27-25)23-6-2-5-22(26)14-23)17-29-9-3-4-20(16-29)15-28-10-12-31-13-11-28/h2,5-8,14,18,20H,3-4,9-13,15-17H2,1H3. The number of likely N-dealkylation sites (tertiary alicyclic amines) is 1. The van der Waals surface area contributed by atoms with Gasteiger partial charge in [0.2, 0.25) is 0 Å². The molecule has 5 rings (SSSR count). The highest BCUT2D eigenvalue weighted by Gasteiger charge is 2.25. The Morgan fingerprint density at radius 3 is 2.75 bits per heavy atom. The number of morpholine rings is 1. The number of aromatic nitrogens is 2. The highest BCUT2D eigenvalue weighted by Crippen LogP contribution is 2.28. The molecule has 1 unspecified atom stereocenters. The van der Waals surface area contributed by atoms with Crippen molar-refractivity contribution in [1.82, 2.24) is 19.6 Å². The second-order valence-corrected chi connectivity index (χ2v) is 8.99. The summed E-state index contributed by atoms with van der Waals surface area (Å²) in [5.41, 5.74) is 2.65. The summed E-state index contributed by atoms with van der Waals surface area (Å²) in [5, 5.41) is 4.79. The molecule has 2 fully saturated rings. The third-order valence-corrected chi connectivity index (χ3v) is 6.45. The first-order valence-electron chi connectivity index (χ1n) is 11.6. The lowest BCUT2D eigenvalue weighted by Crippen LogP contribution is -2.44. The number of rotatable bonds is 6. The number of hydrogen-bond acceptors (Lipinski definition) is 5. The summed E-state index contributed by atoms with van der Waals surface area (Å²) in [6, 6.07) is 10.5. The molecule has 0 bridgehead atoms. The molecule has 2 aliphatic rings. The highest BCUT2D eigenvalue weighted by atomic mass is 19.1. The fraction of sp³-hybridized carbons (Fsp3) is 0.480. The molecule has 2 saturated heterocycles. The van der Waals surface area contributed by atoms with Crippen molar-refractivity contribution in [3.8, 4) is 17.1 Å². The topological polar surface area (TPSA) is 46.7 Å². The molecule has 1 aromatic carbocycles. The van der Waals surface area contributed by atoms with Gasteiger partial charge >= 0.3 is 0 Å². The Morgan fingerprint density at radius 1 is 1.09 bits per heavy atom. The molecule has 2 aliphatic heterocycles. The minimum Gasteiger partial charge on any atom is -0.460 e. The van der Waals surface area contributed by atoms with E-state index in [1.165, 1.54) is 25.0 Å². The quantitative estimate of drug-likeness (QED) is 0.579. The van der Waals surface area contributed by atoms with E-state index in [1.54, 1.807) is 10.7 Å². The summed E-state index contributed by atoms with van der Waals surface area (Å²) < 4.78 is 27.0. The third kappa shape index (κ3) is 4.95. The lowest BCUT2D eigenvalue weighted by Gasteiger charge is -2.36. The molecule has 6 nitrogen and oxygen atoms in total. The van der Waals surface area contributed by atoms with E-state index in [2.05, 4.69) is 9.80 Å². The number of aryl methyl sites for hydroxylation is 1. The van der Waals surface area contributed by atoms with Gasteiger partial charge in [-0.3, -0.25) is 9.80 Å². The van der Waals surface area contributed by atoms with Crippen molar-refractivity contribution in [3.05, 3.63) is 59.7 Å². The van der Waals surface area contributed by atoms with E-state index >= 15 is 0 Å². The average Bonchev–Trinajstić information content (AvgIpc) is 3.41. The molecular weight excluding hydrogens is 407 g/mol. The molecular formula is C25H31FN4O2. The van der Waals surface area contributed by atoms with Crippen LogP contribution in [0.25, 0.3) is 17.1 Å². The molecule has 32 heavy (non-hydrogen) atoms. The Kier molecular flexibility index (Phi) is 6.39. The van der Waals surface area contributed by atoms with Crippen molar-refractivity contribution in [2.24, 2.45) is 5.92 Å². The van der Waals surface area contributed by atoms with Crippen LogP contribution in [0.2, 0.25) is 0 Å². The van der Waals surface area contributed by atoms with Gasteiger partial charge in [0.1, 0.15) is 17.3 Å². The first kappa shape index (κ1) is 21.4. The van der Waals surface area contributed by atoms with E-state index in [-0.39, 0.29) is 5.82 Å². The number of furan rings is 1. The molecule has 7 heteroatoms. The van der Waals surface area contributed by atoms with Crippen LogP contribution in [0.15, 0.2) is 47.0 Å². The highest BCUT2D eigenvalue weighted by molar-refractivity contribution is 5.58. The Morgan fingerprint density at radius 2 is 1.97 bits per heavy atom. The summed E-state index contributed by atoms with van der Waals surface area (Å²) in [5.74, 6) is 2.02. The van der Waals surface area contributed by atoms with Crippen LogP contribution < -0.4 is 0 Å². The average molecular weight is 439 g/mol.